The molecule has 2 aliphatic rings. The van der Waals surface area contributed by atoms with Crippen molar-refractivity contribution in [3.63, 3.8) is 0 Å². The molecule has 2 N–H and O–H groups in total. The largest absolute Gasteiger partial charge is 0.395 e. The molecule has 2 nitrogen and oxygen atoms in total. The molecular formula is C17H18ClFINO. The van der Waals surface area contributed by atoms with Crippen LogP contribution in [0.5, 0.6) is 0 Å². The number of carbonyl (C=O) groups is 1. The fourth-order valence-electron chi connectivity index (χ4n) is 3.81. The van der Waals surface area contributed by atoms with E-state index < -0.39 is 5.82 Å². The van der Waals surface area contributed by atoms with Gasteiger partial charge in [0.05, 0.1) is 14.3 Å². The molecule has 0 aromatic heterocycles. The van der Waals surface area contributed by atoms with Crippen molar-refractivity contribution in [1.29, 1.82) is 0 Å². The molecule has 0 saturated carbocycles. The number of allylic oxidation sites excluding steroid dienone is 2. The zero-order valence-electron chi connectivity index (χ0n) is 12.4. The van der Waals surface area contributed by atoms with E-state index in [2.05, 4.69) is 29.5 Å². The normalized spacial score (nSPS) is 23.7. The summed E-state index contributed by atoms with van der Waals surface area (Å²) in [6, 6.07) is 1.47. The molecule has 1 aromatic rings. The monoisotopic (exact) mass is 433 g/mol. The van der Waals surface area contributed by atoms with E-state index in [4.69, 9.17) is 17.3 Å². The third kappa shape index (κ3) is 2.30. The first-order chi connectivity index (χ1) is 10.4. The van der Waals surface area contributed by atoms with Gasteiger partial charge in [-0.3, -0.25) is 4.79 Å². The first kappa shape index (κ1) is 16.2. The first-order valence-electron chi connectivity index (χ1n) is 7.61. The van der Waals surface area contributed by atoms with Gasteiger partial charge in [-0.2, -0.15) is 0 Å². The fraction of sp³-hybridized carbons (Fsp3) is 0.471. The molecule has 1 unspecified atom stereocenters. The number of hydrogen-bond acceptors (Lipinski definition) is 2. The lowest BCUT2D eigenvalue weighted by molar-refractivity contribution is -0.115. The van der Waals surface area contributed by atoms with Crippen LogP contribution in [0.25, 0.3) is 5.57 Å². The Labute approximate surface area is 148 Å². The van der Waals surface area contributed by atoms with Gasteiger partial charge in [0.25, 0.3) is 0 Å². The number of fused-ring (bicyclic) bond motifs is 3. The van der Waals surface area contributed by atoms with Crippen molar-refractivity contribution >= 4 is 51.2 Å². The molecule has 0 heterocycles. The van der Waals surface area contributed by atoms with Crippen LogP contribution in [-0.2, 0) is 11.2 Å². The van der Waals surface area contributed by atoms with E-state index in [0.29, 0.717) is 11.4 Å². The van der Waals surface area contributed by atoms with Crippen molar-refractivity contribution < 1.29 is 9.18 Å². The summed E-state index contributed by atoms with van der Waals surface area (Å²) in [5.41, 5.74) is 8.42. The molecule has 5 heteroatoms. The average Bonchev–Trinajstić information content (AvgIpc) is 2.82. The van der Waals surface area contributed by atoms with Gasteiger partial charge in [-0.15, -0.1) is 0 Å². The minimum atomic E-state index is -0.496. The highest BCUT2D eigenvalue weighted by Crippen LogP contribution is 2.59. The van der Waals surface area contributed by atoms with Crippen LogP contribution >= 0.6 is 34.2 Å². The van der Waals surface area contributed by atoms with Gasteiger partial charge >= 0.3 is 0 Å². The molecule has 2 aliphatic carbocycles. The van der Waals surface area contributed by atoms with Crippen molar-refractivity contribution in [2.45, 2.75) is 45.4 Å². The quantitative estimate of drug-likeness (QED) is 0.519. The van der Waals surface area contributed by atoms with E-state index in [9.17, 15) is 9.18 Å². The third-order valence-corrected chi connectivity index (χ3v) is 6.55. The Balaban J connectivity index is 2.23. The molecule has 118 valence electrons. The lowest BCUT2D eigenvalue weighted by Gasteiger charge is -2.35. The second-order valence-corrected chi connectivity index (χ2v) is 7.74. The molecule has 22 heavy (non-hydrogen) atoms. The third-order valence-electron chi connectivity index (χ3n) is 4.97. The van der Waals surface area contributed by atoms with Crippen LogP contribution in [0.2, 0.25) is 5.02 Å². The summed E-state index contributed by atoms with van der Waals surface area (Å²) in [7, 11) is 0. The smallest absolute Gasteiger partial charge is 0.169 e. The van der Waals surface area contributed by atoms with Crippen molar-refractivity contribution in [1.82, 2.24) is 0 Å². The molecule has 0 radical (unpaired) electrons. The van der Waals surface area contributed by atoms with Crippen LogP contribution in [0.1, 0.15) is 50.2 Å². The molecule has 0 spiro atoms. The molecule has 0 amide bonds. The Morgan fingerprint density at radius 1 is 1.50 bits per heavy atom. The molecule has 3 rings (SSSR count). The number of unbranched alkanes of at least 4 members (excludes halogenated alkanes) is 1. The fourth-order valence-corrected chi connectivity index (χ4v) is 5.20. The molecule has 1 atom stereocenters. The first-order valence-corrected chi connectivity index (χ1v) is 9.07. The van der Waals surface area contributed by atoms with Gasteiger partial charge in [0.1, 0.15) is 5.82 Å². The van der Waals surface area contributed by atoms with Crippen LogP contribution in [0.4, 0.5) is 10.1 Å². The Morgan fingerprint density at radius 2 is 2.23 bits per heavy atom. The maximum absolute atomic E-state index is 14.1. The summed E-state index contributed by atoms with van der Waals surface area (Å²) in [5.74, 6) is -0.339. The molecule has 0 bridgehead atoms. The summed E-state index contributed by atoms with van der Waals surface area (Å²) < 4.78 is 14.8. The number of ketones is 1. The lowest BCUT2D eigenvalue weighted by Crippen LogP contribution is -2.27. The van der Waals surface area contributed by atoms with Crippen molar-refractivity contribution in [2.75, 3.05) is 5.73 Å². The molecule has 1 aromatic carbocycles. The van der Waals surface area contributed by atoms with E-state index >= 15 is 0 Å². The highest BCUT2D eigenvalue weighted by Gasteiger charge is 2.47. The zero-order chi connectivity index (χ0) is 16.1. The number of benzene rings is 1. The standard InChI is InChI=1S/C17H18ClFINO/c1-2-3-5-17-6-4-12(22)15(20)13(17)9-7-11(19)16(21)14(18)10(9)8-17/h7H,2-6,8,21H2,1H3. The van der Waals surface area contributed by atoms with E-state index in [1.165, 1.54) is 6.07 Å². The number of nitrogen functional groups attached to an aromatic ring is 1. The van der Waals surface area contributed by atoms with Crippen LogP contribution < -0.4 is 5.73 Å². The Morgan fingerprint density at radius 3 is 2.91 bits per heavy atom. The lowest BCUT2D eigenvalue weighted by atomic mass is 9.69. The molecule has 0 fully saturated rings. The van der Waals surface area contributed by atoms with Crippen molar-refractivity contribution in [3.8, 4) is 0 Å². The topological polar surface area (TPSA) is 43.1 Å². The number of rotatable bonds is 3. The molecular weight excluding hydrogens is 416 g/mol. The summed E-state index contributed by atoms with van der Waals surface area (Å²) in [6.45, 7) is 2.16. The average molecular weight is 434 g/mol. The maximum atomic E-state index is 14.1. The minimum Gasteiger partial charge on any atom is -0.395 e. The Kier molecular flexibility index (Phi) is 4.27. The highest BCUT2D eigenvalue weighted by atomic mass is 127. The van der Waals surface area contributed by atoms with Gasteiger partial charge in [-0.05, 0) is 64.6 Å². The number of nitrogens with two attached hydrogens (primary N) is 1. The SMILES string of the molecule is CCCCC12CCC(=O)C(I)=C1c1cc(F)c(N)c(Cl)c1C2. The summed E-state index contributed by atoms with van der Waals surface area (Å²) in [6.07, 6.45) is 5.34. The van der Waals surface area contributed by atoms with Crippen LogP contribution in [0.3, 0.4) is 0 Å². The predicted molar refractivity (Wildman–Crippen MR) is 96.7 cm³/mol. The zero-order valence-corrected chi connectivity index (χ0v) is 15.4. The Hall–Kier alpha value is -0.620. The maximum Gasteiger partial charge on any atom is 0.169 e. The van der Waals surface area contributed by atoms with Gasteiger partial charge in [0, 0.05) is 11.8 Å². The highest BCUT2D eigenvalue weighted by molar-refractivity contribution is 14.1. The van der Waals surface area contributed by atoms with Crippen LogP contribution in [0, 0.1) is 11.2 Å². The van der Waals surface area contributed by atoms with E-state index in [1.807, 2.05) is 0 Å². The predicted octanol–water partition coefficient (Wildman–Crippen LogP) is 5.30. The van der Waals surface area contributed by atoms with E-state index in [-0.39, 0.29) is 16.9 Å². The summed E-state index contributed by atoms with van der Waals surface area (Å²) in [5, 5.41) is 0.324. The second-order valence-electron chi connectivity index (χ2n) is 6.28. The van der Waals surface area contributed by atoms with Gasteiger partial charge in [0.2, 0.25) is 0 Å². The number of Topliss-reactive ketones (excluding diaryl/α,β-unsaturated/α-hetero) is 1. The number of anilines is 1. The van der Waals surface area contributed by atoms with Gasteiger partial charge in [0.15, 0.2) is 5.78 Å². The second kappa shape index (κ2) is 5.78. The number of hydrogen-bond donors (Lipinski definition) is 1. The Bertz CT molecular complexity index is 700. The number of carbonyl (C=O) groups excluding carboxylic acids is 1. The van der Waals surface area contributed by atoms with Crippen molar-refractivity contribution in [3.05, 3.63) is 31.6 Å². The summed E-state index contributed by atoms with van der Waals surface area (Å²) >= 11 is 8.44. The number of halogens is 3. The molecule has 0 aliphatic heterocycles. The van der Waals surface area contributed by atoms with Crippen molar-refractivity contribution in [2.24, 2.45) is 5.41 Å². The van der Waals surface area contributed by atoms with E-state index in [1.54, 1.807) is 0 Å². The van der Waals surface area contributed by atoms with E-state index in [0.717, 1.165) is 52.4 Å². The molecule has 0 saturated heterocycles. The van der Waals surface area contributed by atoms with Crippen LogP contribution in [0.15, 0.2) is 9.65 Å². The minimum absolute atomic E-state index is 0.0200. The van der Waals surface area contributed by atoms with Crippen LogP contribution in [-0.4, -0.2) is 5.78 Å². The van der Waals surface area contributed by atoms with Gasteiger partial charge < -0.3 is 5.73 Å². The van der Waals surface area contributed by atoms with Gasteiger partial charge in [-0.1, -0.05) is 31.4 Å². The summed E-state index contributed by atoms with van der Waals surface area (Å²) in [4.78, 5) is 12.2. The van der Waals surface area contributed by atoms with Gasteiger partial charge in [-0.25, -0.2) is 4.39 Å².